The zero-order valence-electron chi connectivity index (χ0n) is 20.0. The first-order valence-corrected chi connectivity index (χ1v) is 12.7. The number of carbonyl (C=O) groups excluding carboxylic acids is 1. The fourth-order valence-electron chi connectivity index (χ4n) is 3.48. The molecule has 0 bridgehead atoms. The average Bonchev–Trinajstić information content (AvgIpc) is 2.83. The van der Waals surface area contributed by atoms with Gasteiger partial charge >= 0.3 is 22.3 Å². The number of anilines is 1. The number of nitrogens with one attached hydrogen (secondary N) is 1. The van der Waals surface area contributed by atoms with E-state index >= 15 is 0 Å². The Morgan fingerprint density at radius 3 is 2.28 bits per heavy atom. The molecule has 0 aromatic heterocycles. The van der Waals surface area contributed by atoms with Crippen LogP contribution in [-0.4, -0.2) is 25.4 Å². The van der Waals surface area contributed by atoms with Crippen molar-refractivity contribution in [2.24, 2.45) is 0 Å². The fourth-order valence-corrected chi connectivity index (χ4v) is 4.45. The number of benzene rings is 3. The quantitative estimate of drug-likeness (QED) is 0.345. The molecule has 0 heterocycles. The van der Waals surface area contributed by atoms with Crippen LogP contribution in [0.15, 0.2) is 77.7 Å². The molecule has 0 atom stereocenters. The second kappa shape index (κ2) is 11.0. The Labute approximate surface area is 208 Å². The van der Waals surface area contributed by atoms with Gasteiger partial charge < -0.3 is 14.4 Å². The Bertz CT molecular complexity index is 1310. The molecule has 0 aliphatic heterocycles. The van der Waals surface area contributed by atoms with Crippen LogP contribution in [0, 0.1) is 0 Å². The summed E-state index contributed by atoms with van der Waals surface area (Å²) in [5, 5.41) is 2.94. The minimum absolute atomic E-state index is 0.0615. The molecule has 0 aliphatic carbocycles. The summed E-state index contributed by atoms with van der Waals surface area (Å²) in [5.74, 6) is -0.0615. The number of amides is 2. The zero-order chi connectivity index (χ0) is 26.5. The van der Waals surface area contributed by atoms with Crippen LogP contribution in [-0.2, 0) is 29.3 Å². The smallest absolute Gasteiger partial charge is 0.379 e. The van der Waals surface area contributed by atoms with Gasteiger partial charge in [-0.1, -0.05) is 43.3 Å². The largest absolute Gasteiger partial charge is 0.416 e. The second-order valence-electron chi connectivity index (χ2n) is 8.37. The second-order valence-corrected chi connectivity index (χ2v) is 9.92. The predicted molar refractivity (Wildman–Crippen MR) is 131 cm³/mol. The van der Waals surface area contributed by atoms with Crippen LogP contribution in [0.2, 0.25) is 0 Å². The lowest BCUT2D eigenvalue weighted by molar-refractivity contribution is -0.137. The van der Waals surface area contributed by atoms with Gasteiger partial charge in [0.25, 0.3) is 0 Å². The lowest BCUT2D eigenvalue weighted by Crippen LogP contribution is -2.39. The number of hydrogen-bond donors (Lipinski definition) is 1. The molecule has 3 aromatic rings. The number of aryl methyl sites for hydroxylation is 1. The summed E-state index contributed by atoms with van der Waals surface area (Å²) in [5.41, 5.74) is 1.37. The zero-order valence-corrected chi connectivity index (χ0v) is 20.9. The number of urea groups is 1. The molecular formula is C26H27F3N2O4S. The average molecular weight is 521 g/mol. The lowest BCUT2D eigenvalue weighted by atomic mass is 10.1. The molecule has 2 amide bonds. The molecule has 3 aromatic carbocycles. The van der Waals surface area contributed by atoms with Crippen molar-refractivity contribution in [1.29, 1.82) is 0 Å². The summed E-state index contributed by atoms with van der Waals surface area (Å²) in [6, 6.07) is 16.5. The first kappa shape index (κ1) is 27.1. The summed E-state index contributed by atoms with van der Waals surface area (Å²) in [7, 11) is -4.47. The number of para-hydroxylation sites is 1. The van der Waals surface area contributed by atoms with Crippen molar-refractivity contribution in [1.82, 2.24) is 4.90 Å². The summed E-state index contributed by atoms with van der Waals surface area (Å²) >= 11 is 0. The SMILES string of the molecule is CCc1ccccc1NC(=O)N(Cc1ccc(OS(=O)(=O)c2cccc(C(F)(F)F)c2)cc1)C(C)C. The maximum absolute atomic E-state index is 13.0. The summed E-state index contributed by atoms with van der Waals surface area (Å²) in [4.78, 5) is 14.0. The fraction of sp³-hybridized carbons (Fsp3) is 0.269. The lowest BCUT2D eigenvalue weighted by Gasteiger charge is -2.27. The molecule has 36 heavy (non-hydrogen) atoms. The van der Waals surface area contributed by atoms with Gasteiger partial charge in [0.2, 0.25) is 0 Å². The highest BCUT2D eigenvalue weighted by molar-refractivity contribution is 7.87. The van der Waals surface area contributed by atoms with E-state index in [1.54, 1.807) is 17.0 Å². The van der Waals surface area contributed by atoms with Gasteiger partial charge in [-0.2, -0.15) is 21.6 Å². The molecule has 0 aliphatic rings. The monoisotopic (exact) mass is 520 g/mol. The summed E-state index contributed by atoms with van der Waals surface area (Å²) in [6.07, 6.45) is -3.91. The standard InChI is InChI=1S/C26H27F3N2O4S/c1-4-20-8-5-6-11-24(20)30-25(32)31(18(2)3)17-19-12-14-22(15-13-19)35-36(33,34)23-10-7-9-21(16-23)26(27,28)29/h5-16,18H,4,17H2,1-3H3,(H,30,32). The topological polar surface area (TPSA) is 75.7 Å². The van der Waals surface area contributed by atoms with Gasteiger partial charge in [0.05, 0.1) is 5.56 Å². The van der Waals surface area contributed by atoms with Gasteiger partial charge in [0.1, 0.15) is 10.6 Å². The Balaban J connectivity index is 1.72. The maximum Gasteiger partial charge on any atom is 0.416 e. The Morgan fingerprint density at radius 1 is 1.00 bits per heavy atom. The van der Waals surface area contributed by atoms with Crippen LogP contribution in [0.25, 0.3) is 0 Å². The van der Waals surface area contributed by atoms with Crippen LogP contribution in [0.5, 0.6) is 5.75 Å². The van der Waals surface area contributed by atoms with E-state index in [1.165, 1.54) is 12.1 Å². The number of carbonyl (C=O) groups is 1. The van der Waals surface area contributed by atoms with E-state index in [4.69, 9.17) is 4.18 Å². The number of rotatable bonds is 8. The van der Waals surface area contributed by atoms with E-state index in [2.05, 4.69) is 5.32 Å². The first-order chi connectivity index (χ1) is 16.9. The summed E-state index contributed by atoms with van der Waals surface area (Å²) in [6.45, 7) is 6.01. The van der Waals surface area contributed by atoms with Crippen LogP contribution in [0.4, 0.5) is 23.7 Å². The molecule has 0 fully saturated rings. The molecule has 1 N–H and O–H groups in total. The maximum atomic E-state index is 13.0. The van der Waals surface area contributed by atoms with Crippen molar-refractivity contribution in [3.05, 3.63) is 89.5 Å². The molecule has 0 radical (unpaired) electrons. The minimum atomic E-state index is -4.68. The third-order valence-electron chi connectivity index (χ3n) is 5.46. The predicted octanol–water partition coefficient (Wildman–Crippen LogP) is 6.48. The first-order valence-electron chi connectivity index (χ1n) is 11.3. The van der Waals surface area contributed by atoms with E-state index in [1.807, 2.05) is 45.0 Å². The van der Waals surface area contributed by atoms with Gasteiger partial charge in [-0.15, -0.1) is 0 Å². The molecule has 0 spiro atoms. The molecule has 0 unspecified atom stereocenters. The van der Waals surface area contributed by atoms with E-state index < -0.39 is 26.8 Å². The Kier molecular flexibility index (Phi) is 8.29. The number of hydrogen-bond acceptors (Lipinski definition) is 4. The highest BCUT2D eigenvalue weighted by Gasteiger charge is 2.32. The molecule has 6 nitrogen and oxygen atoms in total. The van der Waals surface area contributed by atoms with Crippen LogP contribution < -0.4 is 9.50 Å². The van der Waals surface area contributed by atoms with E-state index in [0.29, 0.717) is 11.6 Å². The van der Waals surface area contributed by atoms with Crippen molar-refractivity contribution in [2.75, 3.05) is 5.32 Å². The molecule has 0 saturated carbocycles. The number of halogens is 3. The van der Waals surface area contributed by atoms with Gasteiger partial charge in [-0.3, -0.25) is 0 Å². The Hall–Kier alpha value is -3.53. The van der Waals surface area contributed by atoms with Crippen molar-refractivity contribution in [3.63, 3.8) is 0 Å². The third kappa shape index (κ3) is 6.78. The van der Waals surface area contributed by atoms with Gasteiger partial charge in [0.15, 0.2) is 0 Å². The van der Waals surface area contributed by atoms with Crippen molar-refractivity contribution < 1.29 is 30.6 Å². The molecular weight excluding hydrogens is 493 g/mol. The summed E-state index contributed by atoms with van der Waals surface area (Å²) < 4.78 is 68.8. The normalized spacial score (nSPS) is 11.9. The number of alkyl halides is 3. The molecule has 3 rings (SSSR count). The van der Waals surface area contributed by atoms with E-state index in [-0.39, 0.29) is 24.4 Å². The van der Waals surface area contributed by atoms with Gasteiger partial charge in [0, 0.05) is 18.3 Å². The van der Waals surface area contributed by atoms with Crippen molar-refractivity contribution in [2.45, 2.75) is 50.9 Å². The van der Waals surface area contributed by atoms with Crippen molar-refractivity contribution >= 4 is 21.8 Å². The highest BCUT2D eigenvalue weighted by atomic mass is 32.2. The highest BCUT2D eigenvalue weighted by Crippen LogP contribution is 2.31. The van der Waals surface area contributed by atoms with E-state index in [0.717, 1.165) is 35.9 Å². The van der Waals surface area contributed by atoms with E-state index in [9.17, 15) is 26.4 Å². The van der Waals surface area contributed by atoms with Crippen LogP contribution in [0.3, 0.4) is 0 Å². The minimum Gasteiger partial charge on any atom is -0.379 e. The van der Waals surface area contributed by atoms with Crippen LogP contribution >= 0.6 is 0 Å². The van der Waals surface area contributed by atoms with Crippen molar-refractivity contribution in [3.8, 4) is 5.75 Å². The molecule has 0 saturated heterocycles. The Morgan fingerprint density at radius 2 is 1.67 bits per heavy atom. The van der Waals surface area contributed by atoms with Gasteiger partial charge in [-0.25, -0.2) is 4.79 Å². The molecule has 10 heteroatoms. The molecule has 192 valence electrons. The van der Waals surface area contributed by atoms with Crippen LogP contribution in [0.1, 0.15) is 37.5 Å². The number of nitrogens with zero attached hydrogens (tertiary/aromatic N) is 1. The van der Waals surface area contributed by atoms with Gasteiger partial charge in [-0.05, 0) is 67.8 Å². The third-order valence-corrected chi connectivity index (χ3v) is 6.70.